The first-order valence-electron chi connectivity index (χ1n) is 18.3. The molecule has 4 aromatic carbocycles. The summed E-state index contributed by atoms with van der Waals surface area (Å²) in [5.41, 5.74) is 19.8. The summed E-state index contributed by atoms with van der Waals surface area (Å²) in [5, 5.41) is 4.53. The predicted octanol–water partition coefficient (Wildman–Crippen LogP) is 11.0. The molecule has 0 bridgehead atoms. The van der Waals surface area contributed by atoms with Crippen LogP contribution in [0.5, 0.6) is 0 Å². The Bertz CT molecular complexity index is 1690. The molecule has 0 amide bonds. The second-order valence-electron chi connectivity index (χ2n) is 18.9. The smallest absolute Gasteiger partial charge is 0.0352 e. The van der Waals surface area contributed by atoms with E-state index in [1.807, 2.05) is 0 Å². The molecule has 2 N–H and O–H groups in total. The van der Waals surface area contributed by atoms with E-state index >= 15 is 0 Å². The Morgan fingerprint density at radius 3 is 1.29 bits per heavy atom. The van der Waals surface area contributed by atoms with E-state index in [1.54, 1.807) is 16.4 Å². The van der Waals surface area contributed by atoms with Crippen LogP contribution in [0.2, 0.25) is 0 Å². The number of aryl methyl sites for hydroxylation is 2. The van der Waals surface area contributed by atoms with Crippen molar-refractivity contribution >= 4 is 29.5 Å². The van der Waals surface area contributed by atoms with Crippen LogP contribution in [0.3, 0.4) is 0 Å². The number of nitrogens with two attached hydrogens (primary N) is 1. The zero-order chi connectivity index (χ0) is 35.0. The van der Waals surface area contributed by atoms with E-state index in [4.69, 9.17) is 5.73 Å². The first-order valence-corrected chi connectivity index (χ1v) is 19.7. The molecule has 0 fully saturated rings. The fourth-order valence-corrected chi connectivity index (χ4v) is 10.8. The van der Waals surface area contributed by atoms with Crippen LogP contribution in [0, 0.1) is 0 Å². The molecular formula is C46H60NP. The molecule has 0 saturated carbocycles. The molecule has 0 saturated heterocycles. The molecule has 0 aliphatic heterocycles. The van der Waals surface area contributed by atoms with Gasteiger partial charge in [0.2, 0.25) is 0 Å². The first kappa shape index (κ1) is 35.0. The number of nitrogen functional groups attached to an aromatic ring is 1. The third kappa shape index (κ3) is 6.66. The van der Waals surface area contributed by atoms with Crippen molar-refractivity contribution in [3.8, 4) is 0 Å². The third-order valence-corrected chi connectivity index (χ3v) is 13.6. The van der Waals surface area contributed by atoms with Crippen molar-refractivity contribution in [2.24, 2.45) is 0 Å². The van der Waals surface area contributed by atoms with E-state index < -0.39 is 7.92 Å². The maximum Gasteiger partial charge on any atom is 0.0352 e. The zero-order valence-electron chi connectivity index (χ0n) is 31.9. The van der Waals surface area contributed by atoms with Gasteiger partial charge in [0.25, 0.3) is 0 Å². The molecular weight excluding hydrogens is 597 g/mol. The largest absolute Gasteiger partial charge is 0.398 e. The molecule has 0 heterocycles. The molecule has 48 heavy (non-hydrogen) atoms. The summed E-state index contributed by atoms with van der Waals surface area (Å²) >= 11 is 0. The lowest BCUT2D eigenvalue weighted by molar-refractivity contribution is 0.533. The van der Waals surface area contributed by atoms with E-state index in [9.17, 15) is 0 Å². The molecule has 0 aromatic heterocycles. The molecule has 2 heteroatoms. The highest BCUT2D eigenvalue weighted by Gasteiger charge is 2.39. The molecule has 2 atom stereocenters. The lowest BCUT2D eigenvalue weighted by Crippen LogP contribution is -2.30. The SMILES string of the molecule is CC(C)(C)c1cc(P(c2cc(C(C)(C)C)cc(C(C)(C)C)c2)c2cccc3c2C([C@H]2CCc4cccc(N)c42)CC3)cc(C(C)(C)C)c1. The van der Waals surface area contributed by atoms with Gasteiger partial charge in [0.05, 0.1) is 0 Å². The van der Waals surface area contributed by atoms with Gasteiger partial charge in [-0.25, -0.2) is 0 Å². The average molecular weight is 658 g/mol. The molecule has 1 unspecified atom stereocenters. The Hall–Kier alpha value is -2.89. The summed E-state index contributed by atoms with van der Waals surface area (Å²) in [6.07, 6.45) is 4.69. The molecule has 4 aromatic rings. The number of anilines is 1. The number of rotatable bonds is 4. The third-order valence-electron chi connectivity index (χ3n) is 11.1. The lowest BCUT2D eigenvalue weighted by atomic mass is 9.81. The van der Waals surface area contributed by atoms with E-state index in [1.165, 1.54) is 56.8 Å². The Kier molecular flexibility index (Phi) is 8.85. The van der Waals surface area contributed by atoms with Crippen molar-refractivity contribution in [3.63, 3.8) is 0 Å². The van der Waals surface area contributed by atoms with Gasteiger partial charge in [-0.3, -0.25) is 0 Å². The van der Waals surface area contributed by atoms with Gasteiger partial charge in [-0.2, -0.15) is 0 Å². The van der Waals surface area contributed by atoms with Crippen molar-refractivity contribution in [2.45, 2.75) is 142 Å². The molecule has 0 radical (unpaired) electrons. The van der Waals surface area contributed by atoms with Gasteiger partial charge in [0.1, 0.15) is 0 Å². The van der Waals surface area contributed by atoms with Crippen LogP contribution in [0.4, 0.5) is 5.69 Å². The lowest BCUT2D eigenvalue weighted by Gasteiger charge is -2.33. The highest BCUT2D eigenvalue weighted by molar-refractivity contribution is 7.80. The van der Waals surface area contributed by atoms with Crippen molar-refractivity contribution < 1.29 is 0 Å². The van der Waals surface area contributed by atoms with Crippen LogP contribution < -0.4 is 21.6 Å². The van der Waals surface area contributed by atoms with Crippen LogP contribution in [-0.4, -0.2) is 0 Å². The quantitative estimate of drug-likeness (QED) is 0.172. The first-order chi connectivity index (χ1) is 22.2. The summed E-state index contributed by atoms with van der Waals surface area (Å²) in [7, 11) is -0.849. The highest BCUT2D eigenvalue weighted by atomic mass is 31.1. The summed E-state index contributed by atoms with van der Waals surface area (Å²) in [5.74, 6) is 0.977. The molecule has 0 spiro atoms. The van der Waals surface area contributed by atoms with Gasteiger partial charge in [-0.15, -0.1) is 0 Å². The van der Waals surface area contributed by atoms with E-state index in [2.05, 4.69) is 156 Å². The fourth-order valence-electron chi connectivity index (χ4n) is 8.10. The Labute approximate surface area is 293 Å². The number of fused-ring (bicyclic) bond motifs is 2. The van der Waals surface area contributed by atoms with Gasteiger partial charge in [0.15, 0.2) is 0 Å². The number of benzene rings is 4. The molecule has 6 rings (SSSR count). The number of hydrogen-bond donors (Lipinski definition) is 1. The van der Waals surface area contributed by atoms with Crippen molar-refractivity contribution in [2.75, 3.05) is 5.73 Å². The van der Waals surface area contributed by atoms with Crippen LogP contribution in [-0.2, 0) is 34.5 Å². The van der Waals surface area contributed by atoms with Crippen LogP contribution >= 0.6 is 7.92 Å². The van der Waals surface area contributed by atoms with Crippen LogP contribution in [0.1, 0.15) is 152 Å². The highest BCUT2D eigenvalue weighted by Crippen LogP contribution is 2.52. The zero-order valence-corrected chi connectivity index (χ0v) is 32.8. The second-order valence-corrected chi connectivity index (χ2v) is 21.1. The minimum absolute atomic E-state index is 0.0487. The second kappa shape index (κ2) is 12.2. The topological polar surface area (TPSA) is 26.0 Å². The standard InChI is InChI=1S/C46H60NP/c1-43(2,3)31-23-32(44(4,5)6)26-35(25-31)48(36-27-33(45(7,8)9)24-34(28-36)46(10,11)12)40-18-14-16-30-20-22-38(42(30)40)37-21-19-29-15-13-17-39(47)41(29)37/h13-18,23-28,37-38H,19-22,47H2,1-12H3/t37-,38?/m1/s1. The van der Waals surface area contributed by atoms with Gasteiger partial charge in [-0.1, -0.05) is 150 Å². The van der Waals surface area contributed by atoms with Gasteiger partial charge in [0, 0.05) is 5.69 Å². The molecule has 254 valence electrons. The monoisotopic (exact) mass is 657 g/mol. The summed E-state index contributed by atoms with van der Waals surface area (Å²) < 4.78 is 0. The fraction of sp³-hybridized carbons (Fsp3) is 0.478. The van der Waals surface area contributed by atoms with E-state index in [0.717, 1.165) is 18.5 Å². The predicted molar refractivity (Wildman–Crippen MR) is 213 cm³/mol. The molecule has 2 aliphatic carbocycles. The van der Waals surface area contributed by atoms with Crippen LogP contribution in [0.25, 0.3) is 0 Å². The summed E-state index contributed by atoms with van der Waals surface area (Å²) in [6, 6.07) is 29.2. The molecule has 1 nitrogen and oxygen atoms in total. The van der Waals surface area contributed by atoms with Gasteiger partial charge in [-0.05, 0) is 134 Å². The average Bonchev–Trinajstić information content (AvgIpc) is 3.61. The normalized spacial score (nSPS) is 18.4. The van der Waals surface area contributed by atoms with Crippen molar-refractivity contribution in [1.29, 1.82) is 0 Å². The Morgan fingerprint density at radius 1 is 0.500 bits per heavy atom. The summed E-state index contributed by atoms with van der Waals surface area (Å²) in [6.45, 7) is 28.5. The molecule has 2 aliphatic rings. The maximum absolute atomic E-state index is 6.76. The van der Waals surface area contributed by atoms with Gasteiger partial charge < -0.3 is 5.73 Å². The van der Waals surface area contributed by atoms with Crippen molar-refractivity contribution in [1.82, 2.24) is 0 Å². The van der Waals surface area contributed by atoms with Crippen molar-refractivity contribution in [3.05, 3.63) is 117 Å². The maximum atomic E-state index is 6.76. The minimum Gasteiger partial charge on any atom is -0.398 e. The van der Waals surface area contributed by atoms with E-state index in [-0.39, 0.29) is 21.7 Å². The Morgan fingerprint density at radius 2 is 0.875 bits per heavy atom. The minimum atomic E-state index is -0.849. The van der Waals surface area contributed by atoms with Crippen LogP contribution in [0.15, 0.2) is 72.8 Å². The summed E-state index contributed by atoms with van der Waals surface area (Å²) in [4.78, 5) is 0. The van der Waals surface area contributed by atoms with Gasteiger partial charge >= 0.3 is 0 Å². The van der Waals surface area contributed by atoms with E-state index in [0.29, 0.717) is 11.8 Å². The number of hydrogen-bond acceptors (Lipinski definition) is 1. The Balaban J connectivity index is 1.66.